The monoisotopic (exact) mass is 188 g/mol. The molecule has 0 saturated heterocycles. The van der Waals surface area contributed by atoms with Gasteiger partial charge in [-0.15, -0.1) is 0 Å². The molecule has 2 nitrogen and oxygen atoms in total. The summed E-state index contributed by atoms with van der Waals surface area (Å²) < 4.78 is 1.99. The number of benzene rings is 1. The number of nitrogens with zero attached hydrogens (tertiary/aromatic N) is 2. The molecule has 2 heteroatoms. The number of aromatic nitrogens is 2. The van der Waals surface area contributed by atoms with Gasteiger partial charge in [-0.3, -0.25) is 4.68 Å². The standard InChI is InChI=1S/C12H16N2/c1-8(2)12-10-6-5-9(3)7-11(10)13-14(12)4/h5-8H,1-4H3. The summed E-state index contributed by atoms with van der Waals surface area (Å²) in [4.78, 5) is 0. The maximum Gasteiger partial charge on any atom is 0.0928 e. The molecule has 74 valence electrons. The molecular weight excluding hydrogens is 172 g/mol. The molecule has 2 aromatic rings. The molecule has 1 heterocycles. The van der Waals surface area contributed by atoms with E-state index in [9.17, 15) is 0 Å². The van der Waals surface area contributed by atoms with Crippen LogP contribution in [0.3, 0.4) is 0 Å². The van der Waals surface area contributed by atoms with Crippen LogP contribution in [0.2, 0.25) is 0 Å². The fourth-order valence-corrected chi connectivity index (χ4v) is 2.02. The molecule has 0 radical (unpaired) electrons. The van der Waals surface area contributed by atoms with E-state index in [2.05, 4.69) is 44.1 Å². The first-order valence-electron chi connectivity index (χ1n) is 5.03. The highest BCUT2D eigenvalue weighted by Gasteiger charge is 2.11. The predicted molar refractivity (Wildman–Crippen MR) is 59.5 cm³/mol. The normalized spacial score (nSPS) is 11.5. The molecule has 2 rings (SSSR count). The summed E-state index contributed by atoms with van der Waals surface area (Å²) >= 11 is 0. The molecule has 0 saturated carbocycles. The highest BCUT2D eigenvalue weighted by molar-refractivity contribution is 5.82. The maximum absolute atomic E-state index is 4.51. The van der Waals surface area contributed by atoms with E-state index < -0.39 is 0 Å². The van der Waals surface area contributed by atoms with E-state index in [4.69, 9.17) is 0 Å². The number of hydrogen-bond acceptors (Lipinski definition) is 1. The van der Waals surface area contributed by atoms with Gasteiger partial charge in [0.25, 0.3) is 0 Å². The van der Waals surface area contributed by atoms with Crippen LogP contribution in [0, 0.1) is 6.92 Å². The van der Waals surface area contributed by atoms with Crippen LogP contribution in [0.4, 0.5) is 0 Å². The largest absolute Gasteiger partial charge is 0.271 e. The predicted octanol–water partition coefficient (Wildman–Crippen LogP) is 3.01. The molecule has 0 fully saturated rings. The van der Waals surface area contributed by atoms with Gasteiger partial charge in [0.1, 0.15) is 0 Å². The molecule has 0 bridgehead atoms. The minimum Gasteiger partial charge on any atom is -0.271 e. The van der Waals surface area contributed by atoms with E-state index in [1.165, 1.54) is 16.6 Å². The molecule has 14 heavy (non-hydrogen) atoms. The smallest absolute Gasteiger partial charge is 0.0928 e. The third kappa shape index (κ3) is 1.31. The Bertz CT molecular complexity index is 466. The van der Waals surface area contributed by atoms with Crippen LogP contribution in [0.5, 0.6) is 0 Å². The second-order valence-electron chi connectivity index (χ2n) is 4.18. The maximum atomic E-state index is 4.51. The summed E-state index contributed by atoms with van der Waals surface area (Å²) in [5.74, 6) is 0.521. The molecule has 0 aliphatic heterocycles. The Morgan fingerprint density at radius 2 is 2.00 bits per heavy atom. The first kappa shape index (κ1) is 9.25. The van der Waals surface area contributed by atoms with E-state index in [1.807, 2.05) is 11.7 Å². The van der Waals surface area contributed by atoms with Gasteiger partial charge in [0, 0.05) is 18.1 Å². The SMILES string of the molecule is Cc1ccc2c(C(C)C)n(C)nc2c1. The van der Waals surface area contributed by atoms with Gasteiger partial charge >= 0.3 is 0 Å². The lowest BCUT2D eigenvalue weighted by Crippen LogP contribution is -1.99. The number of rotatable bonds is 1. The average Bonchev–Trinajstić information content (AvgIpc) is 2.39. The lowest BCUT2D eigenvalue weighted by atomic mass is 10.0. The van der Waals surface area contributed by atoms with Crippen molar-refractivity contribution in [1.82, 2.24) is 9.78 Å². The molecule has 0 spiro atoms. The van der Waals surface area contributed by atoms with Crippen LogP contribution in [0.15, 0.2) is 18.2 Å². The zero-order valence-electron chi connectivity index (χ0n) is 9.20. The number of fused-ring (bicyclic) bond motifs is 1. The Labute approximate surface area is 84.5 Å². The van der Waals surface area contributed by atoms with Crippen LogP contribution >= 0.6 is 0 Å². The first-order chi connectivity index (χ1) is 6.59. The van der Waals surface area contributed by atoms with E-state index in [0.29, 0.717) is 5.92 Å². The lowest BCUT2D eigenvalue weighted by molar-refractivity contribution is 0.677. The van der Waals surface area contributed by atoms with Crippen LogP contribution in [-0.2, 0) is 7.05 Å². The molecular formula is C12H16N2. The zero-order valence-corrected chi connectivity index (χ0v) is 9.20. The topological polar surface area (TPSA) is 17.8 Å². The Hall–Kier alpha value is -1.31. The van der Waals surface area contributed by atoms with Gasteiger partial charge in [0.05, 0.1) is 5.52 Å². The van der Waals surface area contributed by atoms with Crippen molar-refractivity contribution in [3.8, 4) is 0 Å². The van der Waals surface area contributed by atoms with Crippen molar-refractivity contribution >= 4 is 10.9 Å². The summed E-state index contributed by atoms with van der Waals surface area (Å²) in [5, 5.41) is 5.80. The molecule has 0 N–H and O–H groups in total. The van der Waals surface area contributed by atoms with Crippen molar-refractivity contribution in [3.05, 3.63) is 29.5 Å². The Balaban J connectivity index is 2.77. The van der Waals surface area contributed by atoms with Gasteiger partial charge in [-0.1, -0.05) is 26.0 Å². The molecule has 1 aromatic carbocycles. The van der Waals surface area contributed by atoms with E-state index in [-0.39, 0.29) is 0 Å². The van der Waals surface area contributed by atoms with Crippen LogP contribution < -0.4 is 0 Å². The lowest BCUT2D eigenvalue weighted by Gasteiger charge is -2.05. The molecule has 0 amide bonds. The zero-order chi connectivity index (χ0) is 10.3. The second kappa shape index (κ2) is 3.12. The van der Waals surface area contributed by atoms with Gasteiger partial charge in [0.15, 0.2) is 0 Å². The average molecular weight is 188 g/mol. The number of hydrogen-bond donors (Lipinski definition) is 0. The minimum atomic E-state index is 0.521. The first-order valence-corrected chi connectivity index (χ1v) is 5.03. The third-order valence-electron chi connectivity index (χ3n) is 2.58. The van der Waals surface area contributed by atoms with Crippen molar-refractivity contribution in [2.75, 3.05) is 0 Å². The molecule has 0 aliphatic carbocycles. The fraction of sp³-hybridized carbons (Fsp3) is 0.417. The molecule has 1 aromatic heterocycles. The Morgan fingerprint density at radius 3 is 2.64 bits per heavy atom. The summed E-state index contributed by atoms with van der Waals surface area (Å²) in [6.45, 7) is 6.51. The minimum absolute atomic E-state index is 0.521. The van der Waals surface area contributed by atoms with Crippen LogP contribution in [0.25, 0.3) is 10.9 Å². The fourth-order valence-electron chi connectivity index (χ4n) is 2.02. The molecule has 0 atom stereocenters. The number of aryl methyl sites for hydroxylation is 2. The van der Waals surface area contributed by atoms with Gasteiger partial charge in [-0.25, -0.2) is 0 Å². The molecule has 0 unspecified atom stereocenters. The summed E-state index contributed by atoms with van der Waals surface area (Å²) in [5.41, 5.74) is 3.70. The Morgan fingerprint density at radius 1 is 1.29 bits per heavy atom. The second-order valence-corrected chi connectivity index (χ2v) is 4.18. The quantitative estimate of drug-likeness (QED) is 0.672. The van der Waals surface area contributed by atoms with Crippen LogP contribution in [-0.4, -0.2) is 9.78 Å². The highest BCUT2D eigenvalue weighted by atomic mass is 15.3. The highest BCUT2D eigenvalue weighted by Crippen LogP contribution is 2.25. The summed E-state index contributed by atoms with van der Waals surface area (Å²) in [6, 6.07) is 6.46. The van der Waals surface area contributed by atoms with Gasteiger partial charge in [-0.2, -0.15) is 5.10 Å². The van der Waals surface area contributed by atoms with Gasteiger partial charge in [-0.05, 0) is 24.5 Å². The molecule has 0 aliphatic rings. The van der Waals surface area contributed by atoms with Gasteiger partial charge < -0.3 is 0 Å². The van der Waals surface area contributed by atoms with E-state index >= 15 is 0 Å². The van der Waals surface area contributed by atoms with Crippen molar-refractivity contribution in [2.24, 2.45) is 7.05 Å². The third-order valence-corrected chi connectivity index (χ3v) is 2.58. The van der Waals surface area contributed by atoms with Crippen LogP contribution in [0.1, 0.15) is 31.0 Å². The Kier molecular flexibility index (Phi) is 2.06. The van der Waals surface area contributed by atoms with Gasteiger partial charge in [0.2, 0.25) is 0 Å². The van der Waals surface area contributed by atoms with Crippen molar-refractivity contribution in [2.45, 2.75) is 26.7 Å². The summed E-state index contributed by atoms with van der Waals surface area (Å²) in [7, 11) is 2.02. The van der Waals surface area contributed by atoms with Crippen molar-refractivity contribution < 1.29 is 0 Å². The van der Waals surface area contributed by atoms with E-state index in [0.717, 1.165) is 5.52 Å². The van der Waals surface area contributed by atoms with E-state index in [1.54, 1.807) is 0 Å². The van der Waals surface area contributed by atoms with Crippen molar-refractivity contribution in [3.63, 3.8) is 0 Å². The summed E-state index contributed by atoms with van der Waals surface area (Å²) in [6.07, 6.45) is 0. The van der Waals surface area contributed by atoms with Crippen molar-refractivity contribution in [1.29, 1.82) is 0 Å².